The number of halogens is 3. The van der Waals surface area contributed by atoms with Crippen LogP contribution in [0.3, 0.4) is 0 Å². The maximum absolute atomic E-state index is 13.2. The van der Waals surface area contributed by atoms with Gasteiger partial charge in [0.15, 0.2) is 5.78 Å². The van der Waals surface area contributed by atoms with Crippen LogP contribution in [0.4, 0.5) is 13.2 Å². The molecular formula is C36H33F3N2O5. The number of ether oxygens (including phenoxy) is 4. The molecule has 0 saturated carbocycles. The fourth-order valence-electron chi connectivity index (χ4n) is 5.91. The summed E-state index contributed by atoms with van der Waals surface area (Å²) in [6.45, 7) is 9.52. The molecule has 2 aromatic heterocycles. The number of fused-ring (bicyclic) bond motifs is 1. The number of carbonyl (C=O) groups is 1. The Hall–Kier alpha value is -4.70. The van der Waals surface area contributed by atoms with Crippen LogP contribution in [0.15, 0.2) is 66.9 Å². The summed E-state index contributed by atoms with van der Waals surface area (Å²) < 4.78 is 61.3. The van der Waals surface area contributed by atoms with Gasteiger partial charge in [-0.2, -0.15) is 0 Å². The largest absolute Gasteiger partial charge is 0.573 e. The van der Waals surface area contributed by atoms with Crippen molar-refractivity contribution in [2.75, 3.05) is 6.61 Å². The Balaban J connectivity index is 1.51. The van der Waals surface area contributed by atoms with Crippen LogP contribution in [0.1, 0.15) is 56.1 Å². The maximum atomic E-state index is 13.2. The Bertz CT molecular complexity index is 1960. The van der Waals surface area contributed by atoms with Gasteiger partial charge in [-0.15, -0.1) is 13.2 Å². The molecule has 0 spiro atoms. The van der Waals surface area contributed by atoms with Crippen LogP contribution in [-0.2, 0) is 22.6 Å². The highest BCUT2D eigenvalue weighted by atomic mass is 19.4. The van der Waals surface area contributed by atoms with Gasteiger partial charge in [-0.05, 0) is 93.3 Å². The Morgan fingerprint density at radius 3 is 2.57 bits per heavy atom. The van der Waals surface area contributed by atoms with Gasteiger partial charge in [0.2, 0.25) is 5.88 Å². The molecule has 1 unspecified atom stereocenters. The van der Waals surface area contributed by atoms with Crippen molar-refractivity contribution in [3.63, 3.8) is 0 Å². The number of nitrogens with zero attached hydrogens (tertiary/aromatic N) is 2. The van der Waals surface area contributed by atoms with Gasteiger partial charge in [0.1, 0.15) is 24.2 Å². The lowest BCUT2D eigenvalue weighted by molar-refractivity contribution is -0.275. The molecule has 10 heteroatoms. The molecule has 0 fully saturated rings. The van der Waals surface area contributed by atoms with Crippen molar-refractivity contribution in [3.8, 4) is 28.5 Å². The summed E-state index contributed by atoms with van der Waals surface area (Å²) in [7, 11) is 0. The van der Waals surface area contributed by atoms with E-state index in [4.69, 9.17) is 24.2 Å². The Labute approximate surface area is 264 Å². The predicted octanol–water partition coefficient (Wildman–Crippen LogP) is 8.62. The van der Waals surface area contributed by atoms with Crippen LogP contribution in [-0.4, -0.2) is 34.3 Å². The van der Waals surface area contributed by atoms with E-state index in [2.05, 4.69) is 4.74 Å². The van der Waals surface area contributed by atoms with Crippen molar-refractivity contribution >= 4 is 27.6 Å². The second kappa shape index (κ2) is 11.9. The van der Waals surface area contributed by atoms with E-state index in [1.807, 2.05) is 58.0 Å². The smallest absolute Gasteiger partial charge is 0.493 e. The first kappa shape index (κ1) is 31.3. The van der Waals surface area contributed by atoms with Crippen LogP contribution in [0.2, 0.25) is 0 Å². The maximum Gasteiger partial charge on any atom is 0.573 e. The summed E-state index contributed by atoms with van der Waals surface area (Å²) in [6.07, 6.45) is -3.17. The van der Waals surface area contributed by atoms with Crippen LogP contribution >= 0.6 is 0 Å². The Morgan fingerprint density at radius 2 is 1.83 bits per heavy atom. The van der Waals surface area contributed by atoms with E-state index in [0.717, 1.165) is 50.7 Å². The number of aryl methyl sites for hydroxylation is 1. The lowest BCUT2D eigenvalue weighted by atomic mass is 9.86. The molecule has 0 N–H and O–H groups in total. The lowest BCUT2D eigenvalue weighted by Gasteiger charge is -2.30. The molecule has 7 nitrogen and oxygen atoms in total. The summed E-state index contributed by atoms with van der Waals surface area (Å²) in [4.78, 5) is 22.8. The van der Waals surface area contributed by atoms with Gasteiger partial charge in [-0.1, -0.05) is 18.2 Å². The average molecular weight is 631 g/mol. The third-order valence-electron chi connectivity index (χ3n) is 7.73. The predicted molar refractivity (Wildman–Crippen MR) is 168 cm³/mol. The van der Waals surface area contributed by atoms with E-state index in [0.29, 0.717) is 17.7 Å². The normalized spacial score (nSPS) is 13.8. The number of hydrogen-bond donors (Lipinski definition) is 0. The highest BCUT2D eigenvalue weighted by Gasteiger charge is 2.33. The molecule has 0 saturated heterocycles. The molecule has 1 aliphatic rings. The number of aromatic nitrogens is 2. The van der Waals surface area contributed by atoms with Crippen LogP contribution in [0, 0.1) is 6.92 Å². The first-order valence-electron chi connectivity index (χ1n) is 14.9. The fraction of sp³-hybridized carbons (Fsp3) is 0.306. The zero-order valence-corrected chi connectivity index (χ0v) is 26.1. The molecule has 0 radical (unpaired) electrons. The molecule has 6 rings (SSSR count). The van der Waals surface area contributed by atoms with Gasteiger partial charge in [-0.25, -0.2) is 4.98 Å². The quantitative estimate of drug-likeness (QED) is 0.170. The topological polar surface area (TPSA) is 79.8 Å². The van der Waals surface area contributed by atoms with Crippen molar-refractivity contribution in [1.29, 1.82) is 0 Å². The van der Waals surface area contributed by atoms with Crippen molar-refractivity contribution in [3.05, 3.63) is 89.1 Å². The minimum absolute atomic E-state index is 0.148. The summed E-state index contributed by atoms with van der Waals surface area (Å²) in [5.41, 5.74) is 5.07. The van der Waals surface area contributed by atoms with E-state index < -0.39 is 18.1 Å². The highest BCUT2D eigenvalue weighted by Crippen LogP contribution is 2.45. The van der Waals surface area contributed by atoms with Gasteiger partial charge in [0.25, 0.3) is 0 Å². The van der Waals surface area contributed by atoms with Gasteiger partial charge < -0.3 is 18.9 Å². The summed E-state index contributed by atoms with van der Waals surface area (Å²) >= 11 is 0. The van der Waals surface area contributed by atoms with Gasteiger partial charge in [0, 0.05) is 40.6 Å². The molecule has 0 amide bonds. The zero-order valence-electron chi connectivity index (χ0n) is 26.1. The number of ketones is 1. The second-order valence-electron chi connectivity index (χ2n) is 12.3. The molecular weight excluding hydrogens is 597 g/mol. The van der Waals surface area contributed by atoms with Crippen LogP contribution < -0.4 is 14.2 Å². The minimum Gasteiger partial charge on any atom is -0.493 e. The number of hydrogen-bond acceptors (Lipinski definition) is 7. The second-order valence-corrected chi connectivity index (χ2v) is 12.3. The summed E-state index contributed by atoms with van der Waals surface area (Å²) in [5, 5.41) is 1.66. The van der Waals surface area contributed by atoms with E-state index in [9.17, 15) is 18.0 Å². The number of rotatable bonds is 8. The Kier molecular flexibility index (Phi) is 8.10. The lowest BCUT2D eigenvalue weighted by Crippen LogP contribution is -2.27. The molecule has 5 aromatic rings. The SMILES string of the molecule is CC(=O)C(OC(C)(C)C)c1c(C)cc2nc(OCc3ccccc3OC(F)(F)F)ccc2c1-c1ccc2c3c(ccnc13)CCO2. The molecule has 3 aromatic carbocycles. The summed E-state index contributed by atoms with van der Waals surface area (Å²) in [5.74, 6) is 0.478. The van der Waals surface area contributed by atoms with Crippen LogP contribution in [0.5, 0.6) is 17.4 Å². The third-order valence-corrected chi connectivity index (χ3v) is 7.73. The van der Waals surface area contributed by atoms with Crippen molar-refractivity contribution in [2.45, 2.75) is 65.7 Å². The molecule has 1 atom stereocenters. The Morgan fingerprint density at radius 1 is 1.04 bits per heavy atom. The summed E-state index contributed by atoms with van der Waals surface area (Å²) in [6, 6.07) is 17.1. The molecule has 1 aliphatic heterocycles. The van der Waals surface area contributed by atoms with Gasteiger partial charge >= 0.3 is 6.36 Å². The zero-order chi connectivity index (χ0) is 32.8. The first-order chi connectivity index (χ1) is 21.8. The molecule has 3 heterocycles. The number of para-hydroxylation sites is 1. The number of alkyl halides is 3. The number of benzene rings is 3. The van der Waals surface area contributed by atoms with Crippen molar-refractivity contribution in [1.82, 2.24) is 9.97 Å². The van der Waals surface area contributed by atoms with Crippen molar-refractivity contribution < 1.29 is 36.9 Å². The number of Topliss-reactive ketones (excluding diaryl/α,β-unsaturated/α-hetero) is 1. The van der Waals surface area contributed by atoms with E-state index >= 15 is 0 Å². The number of pyridine rings is 2. The van der Waals surface area contributed by atoms with E-state index in [1.165, 1.54) is 25.1 Å². The number of carbonyl (C=O) groups excluding carboxylic acids is 1. The average Bonchev–Trinajstić information content (AvgIpc) is 2.98. The van der Waals surface area contributed by atoms with E-state index in [-0.39, 0.29) is 29.6 Å². The van der Waals surface area contributed by atoms with Crippen molar-refractivity contribution in [2.24, 2.45) is 0 Å². The fourth-order valence-corrected chi connectivity index (χ4v) is 5.91. The van der Waals surface area contributed by atoms with Gasteiger partial charge in [0.05, 0.1) is 23.2 Å². The molecule has 238 valence electrons. The van der Waals surface area contributed by atoms with Gasteiger partial charge in [-0.3, -0.25) is 9.78 Å². The standard InChI is InChI=1S/C36H33F3N2O5/c1-20-18-26-24(11-13-29(41-26)44-19-23-8-6-7-9-27(23)45-36(37,38)39)32(30(20)34(21(2)42)46-35(3,4)5)25-10-12-28-31-22(15-17-43-28)14-16-40-33(25)31/h6-14,16,18,34H,15,17,19H2,1-5H3. The molecule has 0 aliphatic carbocycles. The molecule has 46 heavy (non-hydrogen) atoms. The molecule has 0 bridgehead atoms. The first-order valence-corrected chi connectivity index (χ1v) is 14.9. The minimum atomic E-state index is -4.83. The monoisotopic (exact) mass is 630 g/mol. The highest BCUT2D eigenvalue weighted by molar-refractivity contribution is 6.08. The van der Waals surface area contributed by atoms with Crippen LogP contribution in [0.25, 0.3) is 32.9 Å². The van der Waals surface area contributed by atoms with E-state index in [1.54, 1.807) is 18.3 Å². The third kappa shape index (κ3) is 6.35.